The average Bonchev–Trinajstić information content (AvgIpc) is 2.27. The van der Waals surface area contributed by atoms with Crippen LogP contribution in [0.5, 0.6) is 17.2 Å². The van der Waals surface area contributed by atoms with Gasteiger partial charge in [0.25, 0.3) is 0 Å². The summed E-state index contributed by atoms with van der Waals surface area (Å²) in [5, 5.41) is 29.0. The maximum atomic E-state index is 9.92. The van der Waals surface area contributed by atoms with Crippen LogP contribution < -0.4 is 0 Å². The zero-order valence-electron chi connectivity index (χ0n) is 9.73. The molecule has 3 heteroatoms. The maximum Gasteiger partial charge on any atom is 0.165 e. The van der Waals surface area contributed by atoms with Gasteiger partial charge in [0.15, 0.2) is 11.5 Å². The standard InChI is InChI=1S/C14H14O3/c1-8-6-12(16)14(17)13(9(8)2)10-4-3-5-11(15)7-10/h3-7,15-17H,1-2H3. The highest BCUT2D eigenvalue weighted by Crippen LogP contribution is 2.41. The Bertz CT molecular complexity index is 548. The molecule has 88 valence electrons. The Kier molecular flexibility index (Phi) is 2.68. The molecule has 2 rings (SSSR count). The predicted molar refractivity (Wildman–Crippen MR) is 66.3 cm³/mol. The van der Waals surface area contributed by atoms with Gasteiger partial charge in [-0.2, -0.15) is 0 Å². The van der Waals surface area contributed by atoms with Gasteiger partial charge >= 0.3 is 0 Å². The number of hydrogen-bond donors (Lipinski definition) is 3. The lowest BCUT2D eigenvalue weighted by molar-refractivity contribution is 0.404. The van der Waals surface area contributed by atoms with Crippen molar-refractivity contribution in [3.8, 4) is 28.4 Å². The Morgan fingerprint density at radius 3 is 2.29 bits per heavy atom. The fraction of sp³-hybridized carbons (Fsp3) is 0.143. The molecule has 0 spiro atoms. The molecule has 17 heavy (non-hydrogen) atoms. The fourth-order valence-corrected chi connectivity index (χ4v) is 1.90. The monoisotopic (exact) mass is 230 g/mol. The van der Waals surface area contributed by atoms with Gasteiger partial charge in [0.05, 0.1) is 0 Å². The Morgan fingerprint density at radius 1 is 0.941 bits per heavy atom. The maximum absolute atomic E-state index is 9.92. The van der Waals surface area contributed by atoms with E-state index < -0.39 is 0 Å². The quantitative estimate of drug-likeness (QED) is 0.660. The van der Waals surface area contributed by atoms with Gasteiger partial charge in [-0.05, 0) is 48.7 Å². The zero-order chi connectivity index (χ0) is 12.6. The molecule has 2 aromatic carbocycles. The van der Waals surface area contributed by atoms with Crippen LogP contribution in [0.4, 0.5) is 0 Å². The van der Waals surface area contributed by atoms with Crippen molar-refractivity contribution in [1.82, 2.24) is 0 Å². The summed E-state index contributed by atoms with van der Waals surface area (Å²) in [6, 6.07) is 8.12. The van der Waals surface area contributed by atoms with Gasteiger partial charge < -0.3 is 15.3 Å². The third kappa shape index (κ3) is 1.91. The first-order valence-electron chi connectivity index (χ1n) is 5.32. The number of hydrogen-bond acceptors (Lipinski definition) is 3. The molecule has 2 aromatic rings. The van der Waals surface area contributed by atoms with Crippen molar-refractivity contribution in [2.75, 3.05) is 0 Å². The summed E-state index contributed by atoms with van der Waals surface area (Å²) >= 11 is 0. The second kappa shape index (κ2) is 4.01. The molecule has 0 amide bonds. The van der Waals surface area contributed by atoms with Gasteiger partial charge in [0, 0.05) is 5.56 Å². The highest BCUT2D eigenvalue weighted by Gasteiger charge is 2.14. The number of rotatable bonds is 1. The van der Waals surface area contributed by atoms with Crippen LogP contribution in [0.15, 0.2) is 30.3 Å². The second-order valence-corrected chi connectivity index (χ2v) is 4.11. The van der Waals surface area contributed by atoms with Gasteiger partial charge in [-0.1, -0.05) is 12.1 Å². The molecule has 0 unspecified atom stereocenters. The molecule has 0 atom stereocenters. The molecule has 0 radical (unpaired) electrons. The second-order valence-electron chi connectivity index (χ2n) is 4.11. The van der Waals surface area contributed by atoms with Crippen LogP contribution in [-0.2, 0) is 0 Å². The van der Waals surface area contributed by atoms with E-state index in [9.17, 15) is 15.3 Å². The fourth-order valence-electron chi connectivity index (χ4n) is 1.90. The van der Waals surface area contributed by atoms with E-state index in [2.05, 4.69) is 0 Å². The van der Waals surface area contributed by atoms with Gasteiger partial charge in [0.1, 0.15) is 5.75 Å². The molecular weight excluding hydrogens is 216 g/mol. The topological polar surface area (TPSA) is 60.7 Å². The highest BCUT2D eigenvalue weighted by atomic mass is 16.3. The Balaban J connectivity index is 2.75. The van der Waals surface area contributed by atoms with Crippen molar-refractivity contribution in [2.45, 2.75) is 13.8 Å². The van der Waals surface area contributed by atoms with Crippen LogP contribution in [0.1, 0.15) is 11.1 Å². The van der Waals surface area contributed by atoms with E-state index in [0.29, 0.717) is 11.1 Å². The van der Waals surface area contributed by atoms with Crippen LogP contribution in [-0.4, -0.2) is 15.3 Å². The third-order valence-electron chi connectivity index (χ3n) is 2.93. The SMILES string of the molecule is Cc1cc(O)c(O)c(-c2cccc(O)c2)c1C. The largest absolute Gasteiger partial charge is 0.508 e. The highest BCUT2D eigenvalue weighted by molar-refractivity contribution is 5.78. The summed E-state index contributed by atoms with van der Waals surface area (Å²) in [5.74, 6) is -0.174. The van der Waals surface area contributed by atoms with Gasteiger partial charge in [-0.15, -0.1) is 0 Å². The Hall–Kier alpha value is -2.16. The van der Waals surface area contributed by atoms with Gasteiger partial charge in [0.2, 0.25) is 0 Å². The lowest BCUT2D eigenvalue weighted by Gasteiger charge is -2.13. The van der Waals surface area contributed by atoms with Crippen molar-refractivity contribution >= 4 is 0 Å². The number of aromatic hydroxyl groups is 3. The van der Waals surface area contributed by atoms with Crippen LogP contribution in [0.2, 0.25) is 0 Å². The van der Waals surface area contributed by atoms with E-state index in [1.165, 1.54) is 6.07 Å². The first-order valence-corrected chi connectivity index (χ1v) is 5.32. The number of benzene rings is 2. The van der Waals surface area contributed by atoms with E-state index in [1.54, 1.807) is 24.3 Å². The molecule has 3 nitrogen and oxygen atoms in total. The molecule has 0 fully saturated rings. The van der Waals surface area contributed by atoms with Crippen LogP contribution in [0.3, 0.4) is 0 Å². The Labute approximate surface area is 99.6 Å². The minimum Gasteiger partial charge on any atom is -0.508 e. The van der Waals surface area contributed by atoms with E-state index >= 15 is 0 Å². The average molecular weight is 230 g/mol. The molecular formula is C14H14O3. The molecule has 0 aromatic heterocycles. The predicted octanol–water partition coefficient (Wildman–Crippen LogP) is 3.09. The number of phenols is 3. The third-order valence-corrected chi connectivity index (χ3v) is 2.93. The van der Waals surface area contributed by atoms with E-state index in [0.717, 1.165) is 11.1 Å². The van der Waals surface area contributed by atoms with Crippen LogP contribution in [0.25, 0.3) is 11.1 Å². The zero-order valence-corrected chi connectivity index (χ0v) is 9.73. The first-order chi connectivity index (χ1) is 8.00. The lowest BCUT2D eigenvalue weighted by Crippen LogP contribution is -1.89. The van der Waals surface area contributed by atoms with Gasteiger partial charge in [-0.3, -0.25) is 0 Å². The minimum absolute atomic E-state index is 0.127. The van der Waals surface area contributed by atoms with Crippen molar-refractivity contribution in [3.05, 3.63) is 41.5 Å². The van der Waals surface area contributed by atoms with E-state index in [4.69, 9.17) is 0 Å². The van der Waals surface area contributed by atoms with E-state index in [1.807, 2.05) is 13.8 Å². The van der Waals surface area contributed by atoms with Crippen LogP contribution >= 0.6 is 0 Å². The summed E-state index contributed by atoms with van der Waals surface area (Å²) in [6.45, 7) is 3.73. The van der Waals surface area contributed by atoms with Crippen molar-refractivity contribution in [2.24, 2.45) is 0 Å². The molecule has 0 saturated carbocycles. The van der Waals surface area contributed by atoms with Crippen molar-refractivity contribution in [3.63, 3.8) is 0 Å². The lowest BCUT2D eigenvalue weighted by atomic mass is 9.95. The molecule has 0 bridgehead atoms. The summed E-state index contributed by atoms with van der Waals surface area (Å²) < 4.78 is 0. The smallest absolute Gasteiger partial charge is 0.165 e. The Morgan fingerprint density at radius 2 is 1.65 bits per heavy atom. The molecule has 0 aliphatic heterocycles. The molecule has 0 aliphatic rings. The van der Waals surface area contributed by atoms with Crippen LogP contribution in [0, 0.1) is 13.8 Å². The minimum atomic E-state index is -0.154. The summed E-state index contributed by atoms with van der Waals surface area (Å²) in [5.41, 5.74) is 3.00. The molecule has 0 saturated heterocycles. The molecule has 3 N–H and O–H groups in total. The molecule has 0 aliphatic carbocycles. The first kappa shape index (κ1) is 11.3. The normalized spacial score (nSPS) is 10.5. The van der Waals surface area contributed by atoms with Gasteiger partial charge in [-0.25, -0.2) is 0 Å². The summed E-state index contributed by atoms with van der Waals surface area (Å²) in [6.07, 6.45) is 0. The van der Waals surface area contributed by atoms with Crippen molar-refractivity contribution < 1.29 is 15.3 Å². The summed E-state index contributed by atoms with van der Waals surface area (Å²) in [7, 11) is 0. The number of aryl methyl sites for hydroxylation is 1. The van der Waals surface area contributed by atoms with E-state index in [-0.39, 0.29) is 17.2 Å². The van der Waals surface area contributed by atoms with Crippen molar-refractivity contribution in [1.29, 1.82) is 0 Å². The molecule has 0 heterocycles. The summed E-state index contributed by atoms with van der Waals surface area (Å²) in [4.78, 5) is 0. The number of phenolic OH excluding ortho intramolecular Hbond substituents is 3.